The SMILES string of the molecule is CC1CN(S(=O)(=O)CCCN)C(C)CO1. The van der Waals surface area contributed by atoms with Crippen LogP contribution in [-0.4, -0.2) is 50.3 Å². The summed E-state index contributed by atoms with van der Waals surface area (Å²) in [4.78, 5) is 0. The molecule has 1 saturated heterocycles. The Kier molecular flexibility index (Phi) is 4.51. The number of morpholine rings is 1. The molecule has 2 unspecified atom stereocenters. The predicted molar refractivity (Wildman–Crippen MR) is 59.0 cm³/mol. The van der Waals surface area contributed by atoms with E-state index < -0.39 is 10.0 Å². The topological polar surface area (TPSA) is 72.6 Å². The van der Waals surface area contributed by atoms with Crippen LogP contribution >= 0.6 is 0 Å². The van der Waals surface area contributed by atoms with Crippen LogP contribution in [-0.2, 0) is 14.8 Å². The second-order valence-electron chi connectivity index (χ2n) is 4.02. The van der Waals surface area contributed by atoms with Gasteiger partial charge in [0.15, 0.2) is 0 Å². The van der Waals surface area contributed by atoms with Crippen molar-refractivity contribution >= 4 is 10.0 Å². The Morgan fingerprint density at radius 3 is 2.73 bits per heavy atom. The zero-order chi connectivity index (χ0) is 11.5. The molecule has 6 heteroatoms. The minimum absolute atomic E-state index is 0.0196. The van der Waals surface area contributed by atoms with Crippen LogP contribution in [0.3, 0.4) is 0 Å². The molecule has 1 fully saturated rings. The van der Waals surface area contributed by atoms with Crippen molar-refractivity contribution in [2.24, 2.45) is 5.73 Å². The van der Waals surface area contributed by atoms with Crippen LogP contribution in [0.5, 0.6) is 0 Å². The number of sulfonamides is 1. The molecule has 2 atom stereocenters. The van der Waals surface area contributed by atoms with Gasteiger partial charge in [-0.05, 0) is 26.8 Å². The van der Waals surface area contributed by atoms with E-state index in [1.807, 2.05) is 13.8 Å². The largest absolute Gasteiger partial charge is 0.375 e. The summed E-state index contributed by atoms with van der Waals surface area (Å²) in [6, 6.07) is -0.0658. The number of rotatable bonds is 4. The van der Waals surface area contributed by atoms with E-state index in [9.17, 15) is 8.42 Å². The molecule has 1 heterocycles. The maximum Gasteiger partial charge on any atom is 0.214 e. The third-order valence-electron chi connectivity index (χ3n) is 2.51. The van der Waals surface area contributed by atoms with Gasteiger partial charge in [-0.25, -0.2) is 8.42 Å². The molecule has 0 radical (unpaired) electrons. The van der Waals surface area contributed by atoms with Gasteiger partial charge in [0, 0.05) is 12.6 Å². The van der Waals surface area contributed by atoms with E-state index in [0.29, 0.717) is 26.1 Å². The van der Waals surface area contributed by atoms with Crippen LogP contribution in [0, 0.1) is 0 Å². The average molecular weight is 236 g/mol. The van der Waals surface area contributed by atoms with Crippen LogP contribution < -0.4 is 5.73 Å². The number of hydrogen-bond acceptors (Lipinski definition) is 4. The van der Waals surface area contributed by atoms with Gasteiger partial charge in [0.2, 0.25) is 10.0 Å². The molecule has 0 aromatic rings. The van der Waals surface area contributed by atoms with Gasteiger partial charge in [-0.3, -0.25) is 0 Å². The van der Waals surface area contributed by atoms with Crippen LogP contribution in [0.1, 0.15) is 20.3 Å². The van der Waals surface area contributed by atoms with Crippen molar-refractivity contribution in [2.45, 2.75) is 32.4 Å². The van der Waals surface area contributed by atoms with Crippen LogP contribution in [0.4, 0.5) is 0 Å². The highest BCUT2D eigenvalue weighted by atomic mass is 32.2. The fraction of sp³-hybridized carbons (Fsp3) is 1.00. The van der Waals surface area contributed by atoms with Crippen molar-refractivity contribution in [3.8, 4) is 0 Å². The van der Waals surface area contributed by atoms with Crippen molar-refractivity contribution in [1.82, 2.24) is 4.31 Å². The van der Waals surface area contributed by atoms with Crippen molar-refractivity contribution in [1.29, 1.82) is 0 Å². The molecule has 0 amide bonds. The van der Waals surface area contributed by atoms with E-state index in [2.05, 4.69) is 0 Å². The van der Waals surface area contributed by atoms with Gasteiger partial charge >= 0.3 is 0 Å². The zero-order valence-corrected chi connectivity index (χ0v) is 10.2. The lowest BCUT2D eigenvalue weighted by molar-refractivity contribution is -0.0170. The molecule has 1 aliphatic rings. The third-order valence-corrected chi connectivity index (χ3v) is 4.54. The van der Waals surface area contributed by atoms with E-state index in [1.54, 1.807) is 0 Å². The molecule has 1 aliphatic heterocycles. The summed E-state index contributed by atoms with van der Waals surface area (Å²) >= 11 is 0. The molecular formula is C9H20N2O3S. The normalized spacial score (nSPS) is 29.3. The van der Waals surface area contributed by atoms with Gasteiger partial charge < -0.3 is 10.5 Å². The van der Waals surface area contributed by atoms with Crippen LogP contribution in [0.2, 0.25) is 0 Å². The lowest BCUT2D eigenvalue weighted by Crippen LogP contribution is -2.50. The Hall–Kier alpha value is -0.170. The molecule has 0 aromatic carbocycles. The van der Waals surface area contributed by atoms with Crippen molar-refractivity contribution in [3.05, 3.63) is 0 Å². The molecule has 2 N–H and O–H groups in total. The van der Waals surface area contributed by atoms with E-state index >= 15 is 0 Å². The first-order valence-corrected chi connectivity index (χ1v) is 6.89. The smallest absolute Gasteiger partial charge is 0.214 e. The summed E-state index contributed by atoms with van der Waals surface area (Å²) in [7, 11) is -3.15. The first-order valence-electron chi connectivity index (χ1n) is 5.28. The molecule has 0 aliphatic carbocycles. The third kappa shape index (κ3) is 3.41. The fourth-order valence-electron chi connectivity index (χ4n) is 1.64. The van der Waals surface area contributed by atoms with Crippen molar-refractivity contribution < 1.29 is 13.2 Å². The highest BCUT2D eigenvalue weighted by Gasteiger charge is 2.32. The Morgan fingerprint density at radius 1 is 1.47 bits per heavy atom. The highest BCUT2D eigenvalue weighted by Crippen LogP contribution is 2.16. The molecule has 1 rings (SSSR count). The van der Waals surface area contributed by atoms with E-state index in [1.165, 1.54) is 4.31 Å². The maximum atomic E-state index is 11.9. The van der Waals surface area contributed by atoms with Gasteiger partial charge in [0.05, 0.1) is 18.5 Å². The fourth-order valence-corrected chi connectivity index (χ4v) is 3.46. The summed E-state index contributed by atoms with van der Waals surface area (Å²) < 4.78 is 30.8. The summed E-state index contributed by atoms with van der Waals surface area (Å²) in [5.41, 5.74) is 5.32. The summed E-state index contributed by atoms with van der Waals surface area (Å²) in [5.74, 6) is 0.139. The molecule has 5 nitrogen and oxygen atoms in total. The molecule has 0 aromatic heterocycles. The number of nitrogens with zero attached hydrogens (tertiary/aromatic N) is 1. The second kappa shape index (κ2) is 5.25. The Bertz CT molecular complexity index is 292. The Morgan fingerprint density at radius 2 is 2.13 bits per heavy atom. The minimum Gasteiger partial charge on any atom is -0.375 e. The standard InChI is InChI=1S/C9H20N2O3S/c1-8-7-14-9(2)6-11(8)15(12,13)5-3-4-10/h8-9H,3-7,10H2,1-2H3. The number of nitrogens with two attached hydrogens (primary N) is 1. The number of ether oxygens (including phenoxy) is 1. The van der Waals surface area contributed by atoms with Gasteiger partial charge in [0.1, 0.15) is 0 Å². The van der Waals surface area contributed by atoms with Gasteiger partial charge in [-0.1, -0.05) is 0 Å². The molecule has 0 bridgehead atoms. The quantitative estimate of drug-likeness (QED) is 0.732. The lowest BCUT2D eigenvalue weighted by Gasteiger charge is -2.35. The Balaban J connectivity index is 2.67. The first kappa shape index (κ1) is 12.9. The molecular weight excluding hydrogens is 216 g/mol. The average Bonchev–Trinajstić information content (AvgIpc) is 2.18. The number of hydrogen-bond donors (Lipinski definition) is 1. The lowest BCUT2D eigenvalue weighted by atomic mass is 10.2. The van der Waals surface area contributed by atoms with Crippen LogP contribution in [0.25, 0.3) is 0 Å². The summed E-state index contributed by atoms with van der Waals surface area (Å²) in [5, 5.41) is 0. The van der Waals surface area contributed by atoms with Crippen LogP contribution in [0.15, 0.2) is 0 Å². The van der Waals surface area contributed by atoms with E-state index in [0.717, 1.165) is 0 Å². The predicted octanol–water partition coefficient (Wildman–Crippen LogP) is -0.226. The summed E-state index contributed by atoms with van der Waals surface area (Å²) in [6.45, 7) is 5.09. The zero-order valence-electron chi connectivity index (χ0n) is 9.35. The minimum atomic E-state index is -3.15. The molecule has 15 heavy (non-hydrogen) atoms. The molecule has 0 spiro atoms. The van der Waals surface area contributed by atoms with Crippen molar-refractivity contribution in [3.63, 3.8) is 0 Å². The molecule has 90 valence electrons. The van der Waals surface area contributed by atoms with Gasteiger partial charge in [0.25, 0.3) is 0 Å². The van der Waals surface area contributed by atoms with Gasteiger partial charge in [-0.15, -0.1) is 0 Å². The first-order chi connectivity index (χ1) is 6.97. The van der Waals surface area contributed by atoms with Crippen molar-refractivity contribution in [2.75, 3.05) is 25.4 Å². The summed E-state index contributed by atoms with van der Waals surface area (Å²) in [6.07, 6.45) is 0.495. The second-order valence-corrected chi connectivity index (χ2v) is 6.06. The Labute approximate surface area is 91.6 Å². The molecule has 0 saturated carbocycles. The highest BCUT2D eigenvalue weighted by molar-refractivity contribution is 7.89. The maximum absolute atomic E-state index is 11.9. The monoisotopic (exact) mass is 236 g/mol. The van der Waals surface area contributed by atoms with E-state index in [-0.39, 0.29) is 17.9 Å². The van der Waals surface area contributed by atoms with Gasteiger partial charge in [-0.2, -0.15) is 4.31 Å². The van der Waals surface area contributed by atoms with E-state index in [4.69, 9.17) is 10.5 Å².